The Hall–Kier alpha value is -0.870. The van der Waals surface area contributed by atoms with Crippen molar-refractivity contribution in [1.29, 1.82) is 0 Å². The minimum atomic E-state index is 0.206. The summed E-state index contributed by atoms with van der Waals surface area (Å²) in [5.41, 5.74) is 0. The molecule has 0 radical (unpaired) electrons. The lowest BCUT2D eigenvalue weighted by Gasteiger charge is -2.22. The van der Waals surface area contributed by atoms with Gasteiger partial charge in [-0.3, -0.25) is 4.79 Å². The third-order valence-corrected chi connectivity index (χ3v) is 4.39. The molecule has 2 rings (SSSR count). The molecule has 0 aliphatic carbocycles. The van der Waals surface area contributed by atoms with Crippen LogP contribution in [0.15, 0.2) is 17.5 Å². The van der Waals surface area contributed by atoms with Crippen LogP contribution < -0.4 is 10.6 Å². The lowest BCUT2D eigenvalue weighted by atomic mass is 9.94. The lowest BCUT2D eigenvalue weighted by molar-refractivity contribution is -0.121. The zero-order chi connectivity index (χ0) is 12.6. The molecule has 0 aromatic carbocycles. The molecular formula is C14H22N2OS. The average Bonchev–Trinajstić information content (AvgIpc) is 2.91. The van der Waals surface area contributed by atoms with Gasteiger partial charge in [0.15, 0.2) is 0 Å². The summed E-state index contributed by atoms with van der Waals surface area (Å²) in [7, 11) is 0. The van der Waals surface area contributed by atoms with Gasteiger partial charge in [-0.25, -0.2) is 0 Å². The summed E-state index contributed by atoms with van der Waals surface area (Å²) in [6.07, 6.45) is 5.18. The van der Waals surface area contributed by atoms with E-state index >= 15 is 0 Å². The monoisotopic (exact) mass is 266 g/mol. The number of thiophene rings is 1. The Morgan fingerprint density at radius 2 is 2.50 bits per heavy atom. The SMILES string of the molecule is O=C(CCC1CCCNC1)NCCc1cccs1. The minimum absolute atomic E-state index is 0.206. The van der Waals surface area contributed by atoms with Crippen molar-refractivity contribution in [2.75, 3.05) is 19.6 Å². The molecule has 0 bridgehead atoms. The van der Waals surface area contributed by atoms with E-state index in [4.69, 9.17) is 0 Å². The second-order valence-corrected chi connectivity index (χ2v) is 5.96. The van der Waals surface area contributed by atoms with E-state index in [1.54, 1.807) is 11.3 Å². The topological polar surface area (TPSA) is 41.1 Å². The van der Waals surface area contributed by atoms with Crippen molar-refractivity contribution >= 4 is 17.2 Å². The molecule has 1 atom stereocenters. The molecule has 1 fully saturated rings. The highest BCUT2D eigenvalue weighted by molar-refractivity contribution is 7.09. The van der Waals surface area contributed by atoms with Crippen molar-refractivity contribution in [3.63, 3.8) is 0 Å². The van der Waals surface area contributed by atoms with Gasteiger partial charge in [0.1, 0.15) is 0 Å². The van der Waals surface area contributed by atoms with Crippen LogP contribution in [0, 0.1) is 5.92 Å². The zero-order valence-electron chi connectivity index (χ0n) is 10.8. The summed E-state index contributed by atoms with van der Waals surface area (Å²) in [4.78, 5) is 13.0. The minimum Gasteiger partial charge on any atom is -0.356 e. The Morgan fingerprint density at radius 3 is 3.22 bits per heavy atom. The molecule has 1 aromatic rings. The van der Waals surface area contributed by atoms with Gasteiger partial charge in [0.25, 0.3) is 0 Å². The highest BCUT2D eigenvalue weighted by atomic mass is 32.1. The van der Waals surface area contributed by atoms with Gasteiger partial charge in [-0.05, 0) is 56.1 Å². The Labute approximate surface area is 113 Å². The van der Waals surface area contributed by atoms with Crippen molar-refractivity contribution in [2.45, 2.75) is 32.1 Å². The molecular weight excluding hydrogens is 244 g/mol. The van der Waals surface area contributed by atoms with E-state index in [-0.39, 0.29) is 5.91 Å². The van der Waals surface area contributed by atoms with Crippen LogP contribution in [0.5, 0.6) is 0 Å². The van der Waals surface area contributed by atoms with Gasteiger partial charge >= 0.3 is 0 Å². The van der Waals surface area contributed by atoms with Crippen LogP contribution in [-0.2, 0) is 11.2 Å². The van der Waals surface area contributed by atoms with E-state index in [0.717, 1.165) is 32.5 Å². The number of piperidine rings is 1. The average molecular weight is 266 g/mol. The molecule has 18 heavy (non-hydrogen) atoms. The van der Waals surface area contributed by atoms with Crippen molar-refractivity contribution in [2.24, 2.45) is 5.92 Å². The number of amides is 1. The predicted octanol–water partition coefficient (Wildman–Crippen LogP) is 2.19. The molecule has 1 aliphatic rings. The number of nitrogens with one attached hydrogen (secondary N) is 2. The molecule has 4 heteroatoms. The van der Waals surface area contributed by atoms with E-state index in [1.807, 2.05) is 0 Å². The first-order valence-electron chi connectivity index (χ1n) is 6.84. The van der Waals surface area contributed by atoms with Crippen LogP contribution in [0.1, 0.15) is 30.6 Å². The fourth-order valence-corrected chi connectivity index (χ4v) is 3.08. The maximum atomic E-state index is 11.7. The van der Waals surface area contributed by atoms with Gasteiger partial charge < -0.3 is 10.6 Å². The van der Waals surface area contributed by atoms with Gasteiger partial charge in [-0.2, -0.15) is 0 Å². The van der Waals surface area contributed by atoms with Crippen LogP contribution in [0.2, 0.25) is 0 Å². The van der Waals surface area contributed by atoms with Crippen LogP contribution in [-0.4, -0.2) is 25.5 Å². The van der Waals surface area contributed by atoms with E-state index in [1.165, 1.54) is 17.7 Å². The Morgan fingerprint density at radius 1 is 1.56 bits per heavy atom. The molecule has 0 spiro atoms. The largest absolute Gasteiger partial charge is 0.356 e. The van der Waals surface area contributed by atoms with Gasteiger partial charge in [0.05, 0.1) is 0 Å². The molecule has 1 amide bonds. The third kappa shape index (κ3) is 4.78. The maximum absolute atomic E-state index is 11.7. The number of hydrogen-bond donors (Lipinski definition) is 2. The molecule has 3 nitrogen and oxygen atoms in total. The standard InChI is InChI=1S/C14H22N2OS/c17-14(6-5-12-3-1-8-15-11-12)16-9-7-13-4-2-10-18-13/h2,4,10,12,15H,1,3,5-9,11H2,(H,16,17). The van der Waals surface area contributed by atoms with E-state index in [0.29, 0.717) is 12.3 Å². The summed E-state index contributed by atoms with van der Waals surface area (Å²) in [5.74, 6) is 0.902. The lowest BCUT2D eigenvalue weighted by Crippen LogP contribution is -2.31. The van der Waals surface area contributed by atoms with Gasteiger partial charge in [-0.1, -0.05) is 6.07 Å². The van der Waals surface area contributed by atoms with E-state index in [9.17, 15) is 4.79 Å². The summed E-state index contributed by atoms with van der Waals surface area (Å²) < 4.78 is 0. The number of hydrogen-bond acceptors (Lipinski definition) is 3. The molecule has 2 N–H and O–H groups in total. The van der Waals surface area contributed by atoms with Crippen molar-refractivity contribution in [3.05, 3.63) is 22.4 Å². The number of carbonyl (C=O) groups is 1. The normalized spacial score (nSPS) is 19.7. The third-order valence-electron chi connectivity index (χ3n) is 3.45. The Bertz CT molecular complexity index is 345. The van der Waals surface area contributed by atoms with Gasteiger partial charge in [0, 0.05) is 17.8 Å². The van der Waals surface area contributed by atoms with Gasteiger partial charge in [-0.15, -0.1) is 11.3 Å². The van der Waals surface area contributed by atoms with Crippen LogP contribution in [0.3, 0.4) is 0 Å². The second kappa shape index (κ2) is 7.54. The van der Waals surface area contributed by atoms with Crippen molar-refractivity contribution in [1.82, 2.24) is 10.6 Å². The Kier molecular flexibility index (Phi) is 5.68. The van der Waals surface area contributed by atoms with Crippen molar-refractivity contribution < 1.29 is 4.79 Å². The first-order chi connectivity index (χ1) is 8.84. The summed E-state index contributed by atoms with van der Waals surface area (Å²) in [6, 6.07) is 4.17. The zero-order valence-corrected chi connectivity index (χ0v) is 11.6. The van der Waals surface area contributed by atoms with Crippen LogP contribution >= 0.6 is 11.3 Å². The van der Waals surface area contributed by atoms with E-state index in [2.05, 4.69) is 28.1 Å². The summed E-state index contributed by atoms with van der Waals surface area (Å²) in [5, 5.41) is 8.47. The van der Waals surface area contributed by atoms with Crippen LogP contribution in [0.4, 0.5) is 0 Å². The Balaban J connectivity index is 1.54. The predicted molar refractivity (Wildman–Crippen MR) is 75.9 cm³/mol. The number of rotatable bonds is 6. The van der Waals surface area contributed by atoms with Crippen molar-refractivity contribution in [3.8, 4) is 0 Å². The molecule has 2 heterocycles. The fourth-order valence-electron chi connectivity index (χ4n) is 2.37. The summed E-state index contributed by atoms with van der Waals surface area (Å²) in [6.45, 7) is 2.99. The highest BCUT2D eigenvalue weighted by Crippen LogP contribution is 2.15. The summed E-state index contributed by atoms with van der Waals surface area (Å²) >= 11 is 1.75. The molecule has 1 unspecified atom stereocenters. The molecule has 0 saturated carbocycles. The highest BCUT2D eigenvalue weighted by Gasteiger charge is 2.14. The maximum Gasteiger partial charge on any atom is 0.220 e. The fraction of sp³-hybridized carbons (Fsp3) is 0.643. The second-order valence-electron chi connectivity index (χ2n) is 4.93. The first kappa shape index (κ1) is 13.6. The van der Waals surface area contributed by atoms with Crippen LogP contribution in [0.25, 0.3) is 0 Å². The van der Waals surface area contributed by atoms with Gasteiger partial charge in [0.2, 0.25) is 5.91 Å². The smallest absolute Gasteiger partial charge is 0.220 e. The molecule has 1 aromatic heterocycles. The number of carbonyl (C=O) groups excluding carboxylic acids is 1. The quantitative estimate of drug-likeness (QED) is 0.828. The van der Waals surface area contributed by atoms with E-state index < -0.39 is 0 Å². The molecule has 100 valence electrons. The molecule has 1 aliphatic heterocycles. The first-order valence-corrected chi connectivity index (χ1v) is 7.72. The molecule has 1 saturated heterocycles.